The summed E-state index contributed by atoms with van der Waals surface area (Å²) in [6.07, 6.45) is 3.51. The van der Waals surface area contributed by atoms with E-state index in [9.17, 15) is 22.0 Å². The zero-order chi connectivity index (χ0) is 23.9. The predicted octanol–water partition coefficient (Wildman–Crippen LogP) is 4.22. The molecular weight excluding hydrogens is 454 g/mol. The minimum atomic E-state index is -3.89. The molecule has 0 aliphatic carbocycles. The van der Waals surface area contributed by atoms with Gasteiger partial charge < -0.3 is 13.5 Å². The van der Waals surface area contributed by atoms with E-state index in [0.717, 1.165) is 11.8 Å². The fourth-order valence-electron chi connectivity index (χ4n) is 2.67. The summed E-state index contributed by atoms with van der Waals surface area (Å²) in [6, 6.07) is 13.7. The third-order valence-electron chi connectivity index (χ3n) is 3.94. The monoisotopic (exact) mass is 481 g/mol. The lowest BCUT2D eigenvalue weighted by Crippen LogP contribution is -2.27. The molecule has 0 aromatic heterocycles. The van der Waals surface area contributed by atoms with Crippen LogP contribution in [0.3, 0.4) is 0 Å². The van der Waals surface area contributed by atoms with E-state index >= 15 is 0 Å². The fraction of sp³-hybridized carbons (Fsp3) is 0.318. The molecule has 0 bridgehead atoms. The molecule has 0 saturated carbocycles. The maximum Gasteiger partial charge on any atom is 0.412 e. The second-order valence-electron chi connectivity index (χ2n) is 8.03. The molecule has 10 heteroatoms. The lowest BCUT2D eigenvalue weighted by Gasteiger charge is -2.20. The van der Waals surface area contributed by atoms with Crippen LogP contribution >= 0.6 is 0 Å². The molecule has 0 radical (unpaired) electrons. The molecule has 0 aliphatic rings. The Balaban J connectivity index is 2.30. The number of carbonyl (C=O) groups excluding carboxylic acids is 1. The van der Waals surface area contributed by atoms with Crippen LogP contribution in [0.4, 0.5) is 10.5 Å². The molecule has 0 aliphatic heterocycles. The first-order valence-electron chi connectivity index (χ1n) is 9.68. The molecule has 2 rings (SSSR count). The Labute approximate surface area is 191 Å². The Bertz CT molecular complexity index is 1090. The molecule has 2 aromatic carbocycles. The van der Waals surface area contributed by atoms with Crippen LogP contribution in [0, 0.1) is 0 Å². The van der Waals surface area contributed by atoms with E-state index in [1.165, 1.54) is 18.2 Å². The van der Waals surface area contributed by atoms with Crippen LogP contribution in [0.5, 0.6) is 5.75 Å². The third-order valence-corrected chi connectivity index (χ3v) is 5.26. The zero-order valence-corrected chi connectivity index (χ0v) is 19.9. The number of benzene rings is 2. The van der Waals surface area contributed by atoms with E-state index in [2.05, 4.69) is 5.32 Å². The smallest absolute Gasteiger partial charge is 0.412 e. The first-order valence-corrected chi connectivity index (χ1v) is 12.7. The van der Waals surface area contributed by atoms with Gasteiger partial charge in [-0.25, -0.2) is 9.00 Å². The maximum atomic E-state index is 12.0. The highest BCUT2D eigenvalue weighted by Gasteiger charge is 2.20. The molecular formula is C22H27NO7S2. The number of nitrogens with one attached hydrogen (secondary N) is 1. The summed E-state index contributed by atoms with van der Waals surface area (Å²) in [5.74, 6) is -0.0513. The second kappa shape index (κ2) is 10.8. The fourth-order valence-corrected chi connectivity index (χ4v) is 3.69. The molecule has 2 aromatic rings. The molecule has 0 spiro atoms. The summed E-state index contributed by atoms with van der Waals surface area (Å²) in [6.45, 7) is 5.14. The minimum Gasteiger partial charge on any atom is -0.444 e. The van der Waals surface area contributed by atoms with Crippen molar-refractivity contribution in [2.45, 2.75) is 38.0 Å². The summed E-state index contributed by atoms with van der Waals surface area (Å²) in [5.41, 5.74) is 0.783. The van der Waals surface area contributed by atoms with Gasteiger partial charge in [-0.15, -0.1) is 0 Å². The van der Waals surface area contributed by atoms with Gasteiger partial charge in [0.15, 0.2) is 11.1 Å². The van der Waals surface area contributed by atoms with Gasteiger partial charge in [-0.2, -0.15) is 8.42 Å². The molecule has 32 heavy (non-hydrogen) atoms. The first kappa shape index (κ1) is 25.6. The van der Waals surface area contributed by atoms with E-state index in [4.69, 9.17) is 8.92 Å². The average molecular weight is 482 g/mol. The maximum absolute atomic E-state index is 12.0. The lowest BCUT2D eigenvalue weighted by atomic mass is 10.1. The Kier molecular flexibility index (Phi) is 8.59. The second-order valence-corrected chi connectivity index (χ2v) is 10.8. The largest absolute Gasteiger partial charge is 0.444 e. The van der Waals surface area contributed by atoms with Gasteiger partial charge in [0.25, 0.3) is 0 Å². The number of hydrogen-bond donors (Lipinski definition) is 2. The van der Waals surface area contributed by atoms with Gasteiger partial charge in [-0.1, -0.05) is 48.6 Å². The van der Waals surface area contributed by atoms with Crippen LogP contribution in [0.1, 0.15) is 31.9 Å². The quantitative estimate of drug-likeness (QED) is 0.428. The average Bonchev–Trinajstić information content (AvgIpc) is 2.64. The van der Waals surface area contributed by atoms with E-state index in [0.29, 0.717) is 5.56 Å². The van der Waals surface area contributed by atoms with Crippen molar-refractivity contribution in [1.82, 2.24) is 0 Å². The van der Waals surface area contributed by atoms with Crippen LogP contribution in [0.2, 0.25) is 0 Å². The predicted molar refractivity (Wildman–Crippen MR) is 126 cm³/mol. The number of rotatable bonds is 8. The number of hydrogen-bond acceptors (Lipinski definition) is 6. The van der Waals surface area contributed by atoms with Gasteiger partial charge >= 0.3 is 16.2 Å². The van der Waals surface area contributed by atoms with Crippen LogP contribution in [-0.2, 0) is 32.4 Å². The van der Waals surface area contributed by atoms with Gasteiger partial charge in [0.2, 0.25) is 0 Å². The van der Waals surface area contributed by atoms with Gasteiger partial charge in [0.05, 0.1) is 11.5 Å². The van der Waals surface area contributed by atoms with E-state index in [1.807, 2.05) is 30.3 Å². The number of ether oxygens (including phenoxy) is 1. The summed E-state index contributed by atoms with van der Waals surface area (Å²) in [5, 5.41) is 1.70. The van der Waals surface area contributed by atoms with E-state index in [1.54, 1.807) is 32.9 Å². The van der Waals surface area contributed by atoms with E-state index in [-0.39, 0.29) is 17.9 Å². The molecule has 8 nitrogen and oxygen atoms in total. The van der Waals surface area contributed by atoms with Crippen LogP contribution in [0.15, 0.2) is 54.6 Å². The van der Waals surface area contributed by atoms with Crippen molar-refractivity contribution in [2.24, 2.45) is 0 Å². The molecule has 1 amide bonds. The highest BCUT2D eigenvalue weighted by atomic mass is 32.2. The highest BCUT2D eigenvalue weighted by molar-refractivity contribution is 7.86. The first-order chi connectivity index (χ1) is 14.8. The SMILES string of the molecule is CC(C)(C)OC(=O)Nc1ccc(CC(C=Cc2ccccc2)S(=O)O)c(OS(C)(=O)=O)c1. The van der Waals surface area contributed by atoms with Crippen molar-refractivity contribution in [3.05, 3.63) is 65.7 Å². The summed E-state index contributed by atoms with van der Waals surface area (Å²) in [4.78, 5) is 12.0. The molecule has 2 unspecified atom stereocenters. The topological polar surface area (TPSA) is 119 Å². The Morgan fingerprint density at radius 3 is 2.41 bits per heavy atom. The Morgan fingerprint density at radius 1 is 1.19 bits per heavy atom. The van der Waals surface area contributed by atoms with E-state index < -0.39 is 38.1 Å². The summed E-state index contributed by atoms with van der Waals surface area (Å²) < 4.78 is 55.4. The number of carbonyl (C=O) groups is 1. The van der Waals surface area contributed by atoms with Crippen LogP contribution in [0.25, 0.3) is 6.08 Å². The highest BCUT2D eigenvalue weighted by Crippen LogP contribution is 2.27. The van der Waals surface area contributed by atoms with Gasteiger partial charge in [-0.3, -0.25) is 5.32 Å². The standard InChI is InChI=1S/C22H27NO7S2/c1-22(2,3)29-21(24)23-18-12-11-17(20(15-18)30-32(4,27)28)14-19(31(25)26)13-10-16-8-6-5-7-9-16/h5-13,15,19H,14H2,1-4H3,(H,23,24)(H,25,26). The molecule has 2 N–H and O–H groups in total. The molecule has 0 fully saturated rings. The van der Waals surface area contributed by atoms with Gasteiger partial charge in [-0.05, 0) is 44.4 Å². The van der Waals surface area contributed by atoms with Crippen LogP contribution < -0.4 is 9.50 Å². The van der Waals surface area contributed by atoms with Gasteiger partial charge in [0.1, 0.15) is 11.4 Å². The zero-order valence-electron chi connectivity index (χ0n) is 18.3. The lowest BCUT2D eigenvalue weighted by molar-refractivity contribution is 0.0636. The summed E-state index contributed by atoms with van der Waals surface area (Å²) in [7, 11) is -3.89. The van der Waals surface area contributed by atoms with Crippen molar-refractivity contribution in [3.63, 3.8) is 0 Å². The molecule has 174 valence electrons. The van der Waals surface area contributed by atoms with Crippen molar-refractivity contribution >= 4 is 39.1 Å². The number of amides is 1. The number of anilines is 1. The van der Waals surface area contributed by atoms with Crippen molar-refractivity contribution in [1.29, 1.82) is 0 Å². The Morgan fingerprint density at radius 2 is 1.84 bits per heavy atom. The van der Waals surface area contributed by atoms with Crippen molar-refractivity contribution in [3.8, 4) is 5.75 Å². The molecule has 0 heterocycles. The van der Waals surface area contributed by atoms with Crippen molar-refractivity contribution < 1.29 is 30.9 Å². The molecule has 2 atom stereocenters. The van der Waals surface area contributed by atoms with Crippen molar-refractivity contribution in [2.75, 3.05) is 11.6 Å². The van der Waals surface area contributed by atoms with Gasteiger partial charge in [0, 0.05) is 11.8 Å². The minimum absolute atomic E-state index is 0.0318. The summed E-state index contributed by atoms with van der Waals surface area (Å²) >= 11 is -2.22. The third kappa shape index (κ3) is 9.21. The normalized spacial score (nSPS) is 14.0. The van der Waals surface area contributed by atoms with Crippen LogP contribution in [-0.4, -0.2) is 40.4 Å². The Hall–Kier alpha value is -2.69. The molecule has 0 saturated heterocycles.